The van der Waals surface area contributed by atoms with Gasteiger partial charge in [0.1, 0.15) is 17.0 Å². The molecule has 0 aliphatic heterocycles. The number of hydrogen-bond acceptors (Lipinski definition) is 6. The Hall–Kier alpha value is -3.13. The second-order valence-electron chi connectivity index (χ2n) is 5.19. The number of nitrogens with two attached hydrogens (primary N) is 1. The molecule has 0 atom stereocenters. The van der Waals surface area contributed by atoms with Crippen LogP contribution in [0.1, 0.15) is 15.9 Å². The molecule has 0 fully saturated rings. The highest BCUT2D eigenvalue weighted by Crippen LogP contribution is 2.30. The third kappa shape index (κ3) is 3.69. The van der Waals surface area contributed by atoms with E-state index in [2.05, 4.69) is 10.5 Å². The maximum absolute atomic E-state index is 12.3. The lowest BCUT2D eigenvalue weighted by Crippen LogP contribution is -2.18. The van der Waals surface area contributed by atoms with Crippen molar-refractivity contribution in [1.82, 2.24) is 5.16 Å². The Labute approximate surface area is 147 Å². The first-order valence-electron chi connectivity index (χ1n) is 7.33. The molecule has 2 heterocycles. The van der Waals surface area contributed by atoms with E-state index in [0.29, 0.717) is 17.0 Å². The molecule has 2 amide bonds. The molecule has 7 nitrogen and oxygen atoms in total. The second-order valence-corrected chi connectivity index (χ2v) is 5.97. The second kappa shape index (κ2) is 7.18. The summed E-state index contributed by atoms with van der Waals surface area (Å²) in [5.74, 6) is -0.480. The molecular formula is C17H15N3O4S. The van der Waals surface area contributed by atoms with Gasteiger partial charge in [-0.2, -0.15) is 11.3 Å². The summed E-state index contributed by atoms with van der Waals surface area (Å²) in [7, 11) is 1.55. The minimum atomic E-state index is -0.723. The smallest absolute Gasteiger partial charge is 0.256 e. The van der Waals surface area contributed by atoms with Gasteiger partial charge < -0.3 is 15.0 Å². The van der Waals surface area contributed by atoms with Crippen LogP contribution in [0.5, 0.6) is 5.75 Å². The Morgan fingerprint density at radius 2 is 2.20 bits per heavy atom. The van der Waals surface area contributed by atoms with E-state index in [9.17, 15) is 9.59 Å². The third-order valence-electron chi connectivity index (χ3n) is 3.48. The van der Waals surface area contributed by atoms with Crippen LogP contribution in [0.4, 0.5) is 5.88 Å². The zero-order chi connectivity index (χ0) is 17.8. The van der Waals surface area contributed by atoms with Crippen molar-refractivity contribution in [3.05, 3.63) is 52.2 Å². The zero-order valence-electron chi connectivity index (χ0n) is 13.3. The molecule has 0 radical (unpaired) electrons. The van der Waals surface area contributed by atoms with E-state index in [1.807, 2.05) is 10.8 Å². The molecule has 3 rings (SSSR count). The quantitative estimate of drug-likeness (QED) is 0.705. The van der Waals surface area contributed by atoms with E-state index in [1.165, 1.54) is 11.3 Å². The van der Waals surface area contributed by atoms with Gasteiger partial charge in [-0.25, -0.2) is 0 Å². The van der Waals surface area contributed by atoms with Crippen LogP contribution in [0.15, 0.2) is 45.6 Å². The average Bonchev–Trinajstić information content (AvgIpc) is 3.24. The number of nitrogens with zero attached hydrogens (tertiary/aromatic N) is 1. The Bertz CT molecular complexity index is 903. The van der Waals surface area contributed by atoms with Crippen LogP contribution in [0.3, 0.4) is 0 Å². The number of thiophene rings is 1. The Kier molecular flexibility index (Phi) is 4.80. The van der Waals surface area contributed by atoms with E-state index in [1.54, 1.807) is 37.4 Å². The van der Waals surface area contributed by atoms with Crippen LogP contribution in [-0.2, 0) is 11.2 Å². The number of hydrogen-bond donors (Lipinski definition) is 2. The summed E-state index contributed by atoms with van der Waals surface area (Å²) in [6, 6.07) is 8.92. The largest absolute Gasteiger partial charge is 0.497 e. The molecule has 25 heavy (non-hydrogen) atoms. The summed E-state index contributed by atoms with van der Waals surface area (Å²) in [4.78, 5) is 24.0. The van der Waals surface area contributed by atoms with Crippen LogP contribution >= 0.6 is 11.3 Å². The number of amides is 2. The SMILES string of the molecule is COc1cccc(CC(=O)Nc2onc(-c3ccsc3)c2C(N)=O)c1. The predicted molar refractivity (Wildman–Crippen MR) is 93.7 cm³/mol. The Balaban J connectivity index is 1.80. The monoisotopic (exact) mass is 357 g/mol. The predicted octanol–water partition coefficient (Wildman–Crippen LogP) is 2.69. The van der Waals surface area contributed by atoms with Gasteiger partial charge in [0.05, 0.1) is 13.5 Å². The summed E-state index contributed by atoms with van der Waals surface area (Å²) in [6.45, 7) is 0. The molecule has 3 N–H and O–H groups in total. The van der Waals surface area contributed by atoms with E-state index in [4.69, 9.17) is 15.0 Å². The van der Waals surface area contributed by atoms with Crippen molar-refractivity contribution in [2.75, 3.05) is 12.4 Å². The van der Waals surface area contributed by atoms with Crippen molar-refractivity contribution < 1.29 is 18.8 Å². The van der Waals surface area contributed by atoms with Crippen LogP contribution in [0, 0.1) is 0 Å². The first-order chi connectivity index (χ1) is 12.1. The van der Waals surface area contributed by atoms with Crippen molar-refractivity contribution in [3.8, 4) is 17.0 Å². The molecule has 2 aromatic heterocycles. The molecule has 3 aromatic rings. The van der Waals surface area contributed by atoms with Gasteiger partial charge in [0.2, 0.25) is 11.8 Å². The maximum Gasteiger partial charge on any atom is 0.256 e. The van der Waals surface area contributed by atoms with Gasteiger partial charge in [-0.05, 0) is 29.1 Å². The lowest BCUT2D eigenvalue weighted by Gasteiger charge is -2.05. The summed E-state index contributed by atoms with van der Waals surface area (Å²) in [6.07, 6.45) is 0.0872. The molecular weight excluding hydrogens is 342 g/mol. The maximum atomic E-state index is 12.3. The molecule has 1 aromatic carbocycles. The first kappa shape index (κ1) is 16.7. The highest BCUT2D eigenvalue weighted by Gasteiger charge is 2.24. The number of rotatable bonds is 6. The minimum Gasteiger partial charge on any atom is -0.497 e. The van der Waals surface area contributed by atoms with Gasteiger partial charge >= 0.3 is 0 Å². The third-order valence-corrected chi connectivity index (χ3v) is 4.17. The Morgan fingerprint density at radius 1 is 1.36 bits per heavy atom. The van der Waals surface area contributed by atoms with Crippen molar-refractivity contribution in [3.63, 3.8) is 0 Å². The zero-order valence-corrected chi connectivity index (χ0v) is 14.1. The van der Waals surface area contributed by atoms with Crippen molar-refractivity contribution >= 4 is 29.0 Å². The number of ether oxygens (including phenoxy) is 1. The van der Waals surface area contributed by atoms with Gasteiger partial charge in [0.15, 0.2) is 0 Å². The number of carbonyl (C=O) groups excluding carboxylic acids is 2. The molecule has 0 saturated heterocycles. The number of nitrogens with one attached hydrogen (secondary N) is 1. The summed E-state index contributed by atoms with van der Waals surface area (Å²) in [5.41, 5.74) is 7.26. The van der Waals surface area contributed by atoms with Gasteiger partial charge in [-0.1, -0.05) is 17.3 Å². The Morgan fingerprint density at radius 3 is 2.88 bits per heavy atom. The number of primary amides is 1. The fraction of sp³-hybridized carbons (Fsp3) is 0.118. The van der Waals surface area contributed by atoms with Gasteiger partial charge in [0.25, 0.3) is 5.91 Å². The van der Waals surface area contributed by atoms with Crippen LogP contribution in [-0.4, -0.2) is 24.1 Å². The van der Waals surface area contributed by atoms with Gasteiger partial charge in [-0.15, -0.1) is 0 Å². The molecule has 0 bridgehead atoms. The summed E-state index contributed by atoms with van der Waals surface area (Å²) in [5, 5.41) is 10.1. The molecule has 128 valence electrons. The average molecular weight is 357 g/mol. The van der Waals surface area contributed by atoms with Crippen molar-refractivity contribution in [1.29, 1.82) is 0 Å². The van der Waals surface area contributed by atoms with Gasteiger partial charge in [0, 0.05) is 10.9 Å². The van der Waals surface area contributed by atoms with E-state index in [-0.39, 0.29) is 23.8 Å². The van der Waals surface area contributed by atoms with Crippen LogP contribution in [0.2, 0.25) is 0 Å². The first-order valence-corrected chi connectivity index (χ1v) is 8.27. The van der Waals surface area contributed by atoms with E-state index in [0.717, 1.165) is 5.56 Å². The topological polar surface area (TPSA) is 107 Å². The molecule has 8 heteroatoms. The molecule has 0 aliphatic rings. The number of benzene rings is 1. The standard InChI is InChI=1S/C17H15N3O4S/c1-23-12-4-2-3-10(7-12)8-13(21)19-17-14(16(18)22)15(20-24-17)11-5-6-25-9-11/h2-7,9H,8H2,1H3,(H2,18,22)(H,19,21). The van der Waals surface area contributed by atoms with Crippen molar-refractivity contribution in [2.45, 2.75) is 6.42 Å². The molecule has 0 saturated carbocycles. The van der Waals surface area contributed by atoms with Crippen molar-refractivity contribution in [2.24, 2.45) is 5.73 Å². The normalized spacial score (nSPS) is 10.4. The number of carbonyl (C=O) groups is 2. The van der Waals surface area contributed by atoms with Crippen LogP contribution < -0.4 is 15.8 Å². The van der Waals surface area contributed by atoms with E-state index < -0.39 is 5.91 Å². The summed E-state index contributed by atoms with van der Waals surface area (Å²) >= 11 is 1.45. The number of aromatic nitrogens is 1. The highest BCUT2D eigenvalue weighted by molar-refractivity contribution is 7.08. The molecule has 0 unspecified atom stereocenters. The van der Waals surface area contributed by atoms with E-state index >= 15 is 0 Å². The molecule has 0 aliphatic carbocycles. The fourth-order valence-electron chi connectivity index (χ4n) is 2.34. The van der Waals surface area contributed by atoms with Gasteiger partial charge in [-0.3, -0.25) is 14.9 Å². The lowest BCUT2D eigenvalue weighted by molar-refractivity contribution is -0.115. The highest BCUT2D eigenvalue weighted by atomic mass is 32.1. The number of methoxy groups -OCH3 is 1. The minimum absolute atomic E-state index is 0.0531. The number of anilines is 1. The fourth-order valence-corrected chi connectivity index (χ4v) is 2.98. The summed E-state index contributed by atoms with van der Waals surface area (Å²) < 4.78 is 10.3. The van der Waals surface area contributed by atoms with Crippen LogP contribution in [0.25, 0.3) is 11.3 Å². The molecule has 0 spiro atoms. The lowest BCUT2D eigenvalue weighted by atomic mass is 10.1.